The summed E-state index contributed by atoms with van der Waals surface area (Å²) >= 11 is 1.77. The van der Waals surface area contributed by atoms with E-state index >= 15 is 0 Å². The molecule has 1 aromatic rings. The Kier molecular flexibility index (Phi) is 14.0. The van der Waals surface area contributed by atoms with Crippen LogP contribution in [-0.4, -0.2) is 27.5 Å². The standard InChI is InChI=1S/C23H39NO2S/c1-3-4-5-6-7-8-9-10-11-12-13-14-17-27-19-22(24-26)21-18-20(2)15-16-23(21)25/h15-16,18,25-26H,3-14,17,19H2,1-2H3/b24-22+. The van der Waals surface area contributed by atoms with Crippen molar-refractivity contribution in [1.82, 2.24) is 0 Å². The second-order valence-electron chi connectivity index (χ2n) is 7.51. The van der Waals surface area contributed by atoms with Crippen LogP contribution < -0.4 is 0 Å². The number of hydrogen-bond acceptors (Lipinski definition) is 4. The number of aryl methyl sites for hydroxylation is 1. The summed E-state index contributed by atoms with van der Waals surface area (Å²) < 4.78 is 0. The Bertz CT molecular complexity index is 531. The minimum atomic E-state index is 0.180. The summed E-state index contributed by atoms with van der Waals surface area (Å²) in [7, 11) is 0. The maximum atomic E-state index is 9.95. The highest BCUT2D eigenvalue weighted by atomic mass is 32.2. The van der Waals surface area contributed by atoms with Crippen LogP contribution >= 0.6 is 11.8 Å². The molecule has 0 spiro atoms. The molecule has 0 aliphatic rings. The molecule has 1 rings (SSSR count). The van der Waals surface area contributed by atoms with Gasteiger partial charge in [0.1, 0.15) is 11.5 Å². The number of phenols is 1. The van der Waals surface area contributed by atoms with Crippen molar-refractivity contribution in [2.45, 2.75) is 90.9 Å². The highest BCUT2D eigenvalue weighted by molar-refractivity contribution is 7.99. The van der Waals surface area contributed by atoms with E-state index in [9.17, 15) is 10.3 Å². The number of aromatic hydroxyl groups is 1. The van der Waals surface area contributed by atoms with E-state index in [0.29, 0.717) is 17.0 Å². The summed E-state index contributed by atoms with van der Waals surface area (Å²) in [6.45, 7) is 4.24. The fraction of sp³-hybridized carbons (Fsp3) is 0.696. The van der Waals surface area contributed by atoms with Crippen LogP contribution in [-0.2, 0) is 0 Å². The Morgan fingerprint density at radius 3 is 2.00 bits per heavy atom. The minimum Gasteiger partial charge on any atom is -0.507 e. The Morgan fingerprint density at radius 2 is 1.44 bits per heavy atom. The number of benzene rings is 1. The minimum absolute atomic E-state index is 0.180. The van der Waals surface area contributed by atoms with E-state index < -0.39 is 0 Å². The zero-order valence-electron chi connectivity index (χ0n) is 17.4. The van der Waals surface area contributed by atoms with Gasteiger partial charge >= 0.3 is 0 Å². The highest BCUT2D eigenvalue weighted by Gasteiger charge is 2.10. The molecule has 4 heteroatoms. The Labute approximate surface area is 170 Å². The predicted molar refractivity (Wildman–Crippen MR) is 120 cm³/mol. The summed E-state index contributed by atoms with van der Waals surface area (Å²) in [5, 5.41) is 22.6. The Hall–Kier alpha value is -1.16. The number of phenolic OH excluding ortho intramolecular Hbond substituents is 1. The molecule has 154 valence electrons. The molecule has 0 aliphatic heterocycles. The largest absolute Gasteiger partial charge is 0.507 e. The molecule has 0 aromatic heterocycles. The van der Waals surface area contributed by atoms with Gasteiger partial charge in [0.2, 0.25) is 0 Å². The van der Waals surface area contributed by atoms with Crippen molar-refractivity contribution >= 4 is 17.5 Å². The summed E-state index contributed by atoms with van der Waals surface area (Å²) in [6, 6.07) is 5.38. The van der Waals surface area contributed by atoms with E-state index in [1.165, 1.54) is 77.0 Å². The Morgan fingerprint density at radius 1 is 0.889 bits per heavy atom. The fourth-order valence-electron chi connectivity index (χ4n) is 3.26. The average Bonchev–Trinajstić information content (AvgIpc) is 2.67. The van der Waals surface area contributed by atoms with Crippen LogP contribution in [0.2, 0.25) is 0 Å². The fourth-order valence-corrected chi connectivity index (χ4v) is 4.21. The van der Waals surface area contributed by atoms with Gasteiger partial charge in [0.05, 0.1) is 0 Å². The molecule has 0 unspecified atom stereocenters. The number of nitrogens with zero attached hydrogens (tertiary/aromatic N) is 1. The molecule has 0 saturated heterocycles. The van der Waals surface area contributed by atoms with Crippen molar-refractivity contribution in [2.75, 3.05) is 11.5 Å². The zero-order valence-corrected chi connectivity index (χ0v) is 18.2. The second kappa shape index (κ2) is 15.9. The second-order valence-corrected chi connectivity index (χ2v) is 8.61. The van der Waals surface area contributed by atoms with Crippen molar-refractivity contribution in [2.24, 2.45) is 5.16 Å². The van der Waals surface area contributed by atoms with Crippen LogP contribution in [0.15, 0.2) is 23.4 Å². The van der Waals surface area contributed by atoms with Gasteiger partial charge in [-0.3, -0.25) is 0 Å². The normalized spacial score (nSPS) is 11.9. The summed E-state index contributed by atoms with van der Waals surface area (Å²) in [5.41, 5.74) is 2.25. The first-order chi connectivity index (χ1) is 13.2. The van der Waals surface area contributed by atoms with E-state index in [1.807, 2.05) is 19.1 Å². The lowest BCUT2D eigenvalue weighted by Crippen LogP contribution is -2.06. The molecule has 0 bridgehead atoms. The van der Waals surface area contributed by atoms with Crippen molar-refractivity contribution in [1.29, 1.82) is 0 Å². The van der Waals surface area contributed by atoms with Gasteiger partial charge in [-0.05, 0) is 31.2 Å². The maximum absolute atomic E-state index is 9.95. The lowest BCUT2D eigenvalue weighted by molar-refractivity contribution is 0.319. The van der Waals surface area contributed by atoms with E-state index in [1.54, 1.807) is 17.8 Å². The number of rotatable bonds is 16. The first-order valence-electron chi connectivity index (χ1n) is 10.8. The smallest absolute Gasteiger partial charge is 0.124 e. The molecule has 27 heavy (non-hydrogen) atoms. The number of hydrogen-bond donors (Lipinski definition) is 2. The van der Waals surface area contributed by atoms with Crippen molar-refractivity contribution < 1.29 is 10.3 Å². The van der Waals surface area contributed by atoms with E-state index in [0.717, 1.165) is 11.3 Å². The van der Waals surface area contributed by atoms with Gasteiger partial charge < -0.3 is 10.3 Å². The van der Waals surface area contributed by atoms with Crippen molar-refractivity contribution in [3.05, 3.63) is 29.3 Å². The summed E-state index contributed by atoms with van der Waals surface area (Å²) in [6.07, 6.45) is 16.4. The molecule has 1 aromatic carbocycles. The Balaban J connectivity index is 2.00. The van der Waals surface area contributed by atoms with Gasteiger partial charge in [0, 0.05) is 11.3 Å². The van der Waals surface area contributed by atoms with Gasteiger partial charge in [-0.25, -0.2) is 0 Å². The molecule has 0 amide bonds. The highest BCUT2D eigenvalue weighted by Crippen LogP contribution is 2.21. The zero-order chi connectivity index (χ0) is 19.7. The first kappa shape index (κ1) is 23.9. The molecule has 0 fully saturated rings. The average molecular weight is 394 g/mol. The number of thioether (sulfide) groups is 1. The summed E-state index contributed by atoms with van der Waals surface area (Å²) in [4.78, 5) is 0. The van der Waals surface area contributed by atoms with Crippen LogP contribution in [0.3, 0.4) is 0 Å². The molecule has 0 saturated carbocycles. The van der Waals surface area contributed by atoms with E-state index in [2.05, 4.69) is 12.1 Å². The van der Waals surface area contributed by atoms with Gasteiger partial charge in [0.15, 0.2) is 0 Å². The third kappa shape index (κ3) is 11.3. The molecular formula is C23H39NO2S. The van der Waals surface area contributed by atoms with E-state index in [-0.39, 0.29) is 5.75 Å². The van der Waals surface area contributed by atoms with Crippen LogP contribution in [0.4, 0.5) is 0 Å². The molecule has 0 radical (unpaired) electrons. The maximum Gasteiger partial charge on any atom is 0.124 e. The van der Waals surface area contributed by atoms with Crippen LogP contribution in [0.1, 0.15) is 95.1 Å². The van der Waals surface area contributed by atoms with Crippen molar-refractivity contribution in [3.63, 3.8) is 0 Å². The number of oxime groups is 1. The van der Waals surface area contributed by atoms with Gasteiger partial charge in [0.25, 0.3) is 0 Å². The van der Waals surface area contributed by atoms with Crippen LogP contribution in [0.25, 0.3) is 0 Å². The number of unbranched alkanes of at least 4 members (excludes halogenated alkanes) is 11. The van der Waals surface area contributed by atoms with Crippen LogP contribution in [0, 0.1) is 6.92 Å². The molecular weight excluding hydrogens is 354 g/mol. The monoisotopic (exact) mass is 393 g/mol. The quantitative estimate of drug-likeness (QED) is 0.134. The SMILES string of the molecule is CCCCCCCCCCCCCCSC/C(=N\O)c1cc(C)ccc1O. The lowest BCUT2D eigenvalue weighted by Gasteiger charge is -2.08. The van der Waals surface area contributed by atoms with Crippen LogP contribution in [0.5, 0.6) is 5.75 Å². The summed E-state index contributed by atoms with van der Waals surface area (Å²) in [5.74, 6) is 1.88. The third-order valence-electron chi connectivity index (χ3n) is 4.96. The van der Waals surface area contributed by atoms with Gasteiger partial charge in [-0.1, -0.05) is 94.3 Å². The molecule has 0 atom stereocenters. The first-order valence-corrected chi connectivity index (χ1v) is 11.9. The third-order valence-corrected chi connectivity index (χ3v) is 6.02. The van der Waals surface area contributed by atoms with E-state index in [4.69, 9.17) is 0 Å². The van der Waals surface area contributed by atoms with Gasteiger partial charge in [-0.2, -0.15) is 11.8 Å². The molecule has 2 N–H and O–H groups in total. The van der Waals surface area contributed by atoms with Crippen molar-refractivity contribution in [3.8, 4) is 5.75 Å². The molecule has 3 nitrogen and oxygen atoms in total. The van der Waals surface area contributed by atoms with Gasteiger partial charge in [-0.15, -0.1) is 0 Å². The topological polar surface area (TPSA) is 52.8 Å². The molecule has 0 aliphatic carbocycles. The lowest BCUT2D eigenvalue weighted by atomic mass is 10.1. The predicted octanol–water partition coefficient (Wildman–Crippen LogP) is 7.31. The molecule has 0 heterocycles.